The third-order valence-electron chi connectivity index (χ3n) is 5.30. The zero-order valence-corrected chi connectivity index (χ0v) is 17.2. The molecule has 0 saturated carbocycles. The van der Waals surface area contributed by atoms with E-state index in [4.69, 9.17) is 9.15 Å². The van der Waals surface area contributed by atoms with Crippen LogP contribution in [0.15, 0.2) is 70.2 Å². The first-order valence-electron chi connectivity index (χ1n) is 9.97. The van der Waals surface area contributed by atoms with E-state index in [-0.39, 0.29) is 0 Å². The van der Waals surface area contributed by atoms with Crippen molar-refractivity contribution in [2.45, 2.75) is 36.5 Å². The van der Waals surface area contributed by atoms with Crippen molar-refractivity contribution in [3.05, 3.63) is 72.0 Å². The standard InChI is InChI=1S/C24H27NO2S/c1-26-21-12-10-19(11-13-21)24-23(18-28-22-8-4-2-5-9-22)20(17-27-24)16-25-14-6-3-7-15-25/h2,4-5,8-13,17H,3,6-7,14-16,18H2,1H3. The van der Waals surface area contributed by atoms with Crippen LogP contribution in [0.4, 0.5) is 0 Å². The zero-order chi connectivity index (χ0) is 19.2. The number of piperidine rings is 1. The summed E-state index contributed by atoms with van der Waals surface area (Å²) in [5.74, 6) is 2.76. The Labute approximate surface area is 171 Å². The molecule has 0 aliphatic carbocycles. The highest BCUT2D eigenvalue weighted by Crippen LogP contribution is 2.35. The molecule has 146 valence electrons. The molecule has 0 radical (unpaired) electrons. The fourth-order valence-electron chi connectivity index (χ4n) is 3.72. The molecule has 4 rings (SSSR count). The van der Waals surface area contributed by atoms with E-state index in [1.54, 1.807) is 7.11 Å². The lowest BCUT2D eigenvalue weighted by Crippen LogP contribution is -2.29. The molecule has 0 N–H and O–H groups in total. The second kappa shape index (κ2) is 9.35. The van der Waals surface area contributed by atoms with Crippen molar-refractivity contribution in [1.29, 1.82) is 0 Å². The molecular formula is C24H27NO2S. The molecule has 1 fully saturated rings. The van der Waals surface area contributed by atoms with Gasteiger partial charge in [-0.05, 0) is 62.3 Å². The number of hydrogen-bond acceptors (Lipinski definition) is 4. The summed E-state index contributed by atoms with van der Waals surface area (Å²) in [5.41, 5.74) is 3.73. The van der Waals surface area contributed by atoms with Gasteiger partial charge in [-0.15, -0.1) is 11.8 Å². The topological polar surface area (TPSA) is 25.6 Å². The Morgan fingerprint density at radius 1 is 0.964 bits per heavy atom. The summed E-state index contributed by atoms with van der Waals surface area (Å²) < 4.78 is 11.4. The summed E-state index contributed by atoms with van der Waals surface area (Å²) in [6.07, 6.45) is 5.93. The molecule has 28 heavy (non-hydrogen) atoms. The molecule has 0 amide bonds. The molecule has 3 nitrogen and oxygen atoms in total. The maximum Gasteiger partial charge on any atom is 0.138 e. The average Bonchev–Trinajstić information content (AvgIpc) is 3.16. The van der Waals surface area contributed by atoms with E-state index in [0.717, 1.165) is 29.4 Å². The number of thioether (sulfide) groups is 1. The van der Waals surface area contributed by atoms with Gasteiger partial charge in [-0.1, -0.05) is 24.6 Å². The molecular weight excluding hydrogens is 366 g/mol. The van der Waals surface area contributed by atoms with E-state index < -0.39 is 0 Å². The Kier molecular flexibility index (Phi) is 6.40. The van der Waals surface area contributed by atoms with E-state index in [1.807, 2.05) is 30.2 Å². The number of furan rings is 1. The van der Waals surface area contributed by atoms with Crippen LogP contribution >= 0.6 is 11.8 Å². The second-order valence-electron chi connectivity index (χ2n) is 7.24. The van der Waals surface area contributed by atoms with Crippen LogP contribution in [0.25, 0.3) is 11.3 Å². The number of hydrogen-bond donors (Lipinski definition) is 0. The van der Waals surface area contributed by atoms with Gasteiger partial charge in [-0.2, -0.15) is 0 Å². The first-order chi connectivity index (χ1) is 13.8. The monoisotopic (exact) mass is 393 g/mol. The summed E-state index contributed by atoms with van der Waals surface area (Å²) in [6.45, 7) is 3.35. The van der Waals surface area contributed by atoms with E-state index >= 15 is 0 Å². The Morgan fingerprint density at radius 2 is 1.71 bits per heavy atom. The first kappa shape index (κ1) is 19.2. The lowest BCUT2D eigenvalue weighted by molar-refractivity contribution is 0.220. The molecule has 0 atom stereocenters. The number of nitrogens with zero attached hydrogens (tertiary/aromatic N) is 1. The van der Waals surface area contributed by atoms with Crippen molar-refractivity contribution < 1.29 is 9.15 Å². The molecule has 0 unspecified atom stereocenters. The van der Waals surface area contributed by atoms with Crippen molar-refractivity contribution in [1.82, 2.24) is 4.90 Å². The molecule has 1 aromatic heterocycles. The third-order valence-corrected chi connectivity index (χ3v) is 6.34. The van der Waals surface area contributed by atoms with E-state index in [1.165, 1.54) is 48.4 Å². The lowest BCUT2D eigenvalue weighted by Gasteiger charge is -2.26. The number of methoxy groups -OCH3 is 1. The first-order valence-corrected chi connectivity index (χ1v) is 11.0. The minimum Gasteiger partial charge on any atom is -0.497 e. The molecule has 1 saturated heterocycles. The average molecular weight is 394 g/mol. The highest BCUT2D eigenvalue weighted by Gasteiger charge is 2.19. The molecule has 3 aromatic rings. The quantitative estimate of drug-likeness (QED) is 0.444. The van der Waals surface area contributed by atoms with Gasteiger partial charge in [-0.3, -0.25) is 4.90 Å². The minimum atomic E-state index is 0.865. The summed E-state index contributed by atoms with van der Waals surface area (Å²) in [7, 11) is 1.69. The Balaban J connectivity index is 1.60. The molecule has 0 bridgehead atoms. The highest BCUT2D eigenvalue weighted by molar-refractivity contribution is 7.98. The molecule has 1 aliphatic heterocycles. The van der Waals surface area contributed by atoms with Crippen LogP contribution in [0.1, 0.15) is 30.4 Å². The molecule has 2 heterocycles. The summed E-state index contributed by atoms with van der Waals surface area (Å²) >= 11 is 1.87. The number of rotatable bonds is 7. The van der Waals surface area contributed by atoms with Gasteiger partial charge in [-0.25, -0.2) is 0 Å². The predicted molar refractivity (Wildman–Crippen MR) is 116 cm³/mol. The van der Waals surface area contributed by atoms with Crippen molar-refractivity contribution in [2.24, 2.45) is 0 Å². The van der Waals surface area contributed by atoms with Gasteiger partial charge in [0.05, 0.1) is 13.4 Å². The van der Waals surface area contributed by atoms with Crippen LogP contribution in [-0.2, 0) is 12.3 Å². The molecule has 4 heteroatoms. The minimum absolute atomic E-state index is 0.865. The lowest BCUT2D eigenvalue weighted by atomic mass is 10.0. The maximum atomic E-state index is 6.10. The summed E-state index contributed by atoms with van der Waals surface area (Å²) in [6, 6.07) is 18.7. The number of likely N-dealkylation sites (tertiary alicyclic amines) is 1. The van der Waals surface area contributed by atoms with Gasteiger partial charge in [0.15, 0.2) is 0 Å². The summed E-state index contributed by atoms with van der Waals surface area (Å²) in [5, 5.41) is 0. The molecule has 0 spiro atoms. The van der Waals surface area contributed by atoms with Gasteiger partial charge < -0.3 is 9.15 Å². The van der Waals surface area contributed by atoms with Crippen LogP contribution in [0.3, 0.4) is 0 Å². The van der Waals surface area contributed by atoms with Gasteiger partial charge in [0, 0.05) is 33.9 Å². The molecule has 1 aliphatic rings. The van der Waals surface area contributed by atoms with Crippen molar-refractivity contribution in [3.8, 4) is 17.1 Å². The summed E-state index contributed by atoms with van der Waals surface area (Å²) in [4.78, 5) is 3.84. The Bertz CT molecular complexity index is 867. The SMILES string of the molecule is COc1ccc(-c2occ(CN3CCCCC3)c2CSc2ccccc2)cc1. The van der Waals surface area contributed by atoms with Gasteiger partial charge >= 0.3 is 0 Å². The molecule has 2 aromatic carbocycles. The smallest absolute Gasteiger partial charge is 0.138 e. The van der Waals surface area contributed by atoms with Gasteiger partial charge in [0.2, 0.25) is 0 Å². The van der Waals surface area contributed by atoms with Crippen LogP contribution in [0, 0.1) is 0 Å². The number of benzene rings is 2. The van der Waals surface area contributed by atoms with E-state index in [9.17, 15) is 0 Å². The van der Waals surface area contributed by atoms with Crippen LogP contribution in [0.2, 0.25) is 0 Å². The van der Waals surface area contributed by atoms with Gasteiger partial charge in [0.25, 0.3) is 0 Å². The van der Waals surface area contributed by atoms with Crippen LogP contribution < -0.4 is 4.74 Å². The Hall–Kier alpha value is -2.17. The van der Waals surface area contributed by atoms with Crippen molar-refractivity contribution >= 4 is 11.8 Å². The maximum absolute atomic E-state index is 6.10. The third kappa shape index (κ3) is 4.62. The van der Waals surface area contributed by atoms with E-state index in [0.29, 0.717) is 0 Å². The van der Waals surface area contributed by atoms with Gasteiger partial charge in [0.1, 0.15) is 11.5 Å². The zero-order valence-electron chi connectivity index (χ0n) is 16.4. The largest absolute Gasteiger partial charge is 0.497 e. The van der Waals surface area contributed by atoms with E-state index in [2.05, 4.69) is 47.4 Å². The fraction of sp³-hybridized carbons (Fsp3) is 0.333. The van der Waals surface area contributed by atoms with Crippen molar-refractivity contribution in [3.63, 3.8) is 0 Å². The highest BCUT2D eigenvalue weighted by atomic mass is 32.2. The van der Waals surface area contributed by atoms with Crippen LogP contribution in [0.5, 0.6) is 5.75 Å². The van der Waals surface area contributed by atoms with Crippen LogP contribution in [-0.4, -0.2) is 25.1 Å². The van der Waals surface area contributed by atoms with Crippen molar-refractivity contribution in [2.75, 3.05) is 20.2 Å². The second-order valence-corrected chi connectivity index (χ2v) is 8.28. The Morgan fingerprint density at radius 3 is 2.43 bits per heavy atom. The normalized spacial score (nSPS) is 14.9. The fourth-order valence-corrected chi connectivity index (χ4v) is 4.70. The number of ether oxygens (including phenoxy) is 1. The predicted octanol–water partition coefficient (Wildman–Crippen LogP) is 6.23.